The van der Waals surface area contributed by atoms with Gasteiger partial charge in [0.15, 0.2) is 6.29 Å². The molecule has 1 rings (SSSR count). The number of nitrogens with one attached hydrogen (secondary N) is 1. The Morgan fingerprint density at radius 1 is 1.82 bits per heavy atom. The van der Waals surface area contributed by atoms with Gasteiger partial charge in [0.05, 0.1) is 12.0 Å². The molecule has 0 unspecified atom stereocenters. The van der Waals surface area contributed by atoms with Crippen LogP contribution in [0.25, 0.3) is 0 Å². The number of furan rings is 1. The molecule has 4 nitrogen and oxygen atoms in total. The average Bonchev–Trinajstić information content (AvgIpc) is 2.52. The largest absolute Gasteiger partial charge is 0.447 e. The van der Waals surface area contributed by atoms with E-state index in [1.54, 1.807) is 19.1 Å². The number of carbonyl (C=O) groups is 1. The predicted molar refractivity (Wildman–Crippen MR) is 41.5 cm³/mol. The molecule has 1 N–H and O–H groups in total. The molecule has 0 saturated carbocycles. The molecule has 0 aliphatic rings. The fraction of sp³-hybridized carbons (Fsp3) is 0.143. The molecule has 4 heteroatoms. The summed E-state index contributed by atoms with van der Waals surface area (Å²) in [4.78, 5) is 10.1. The van der Waals surface area contributed by atoms with E-state index in [0.29, 0.717) is 17.9 Å². The van der Waals surface area contributed by atoms with Crippen molar-refractivity contribution in [2.75, 3.05) is 5.43 Å². The van der Waals surface area contributed by atoms with Crippen LogP contribution in [0.15, 0.2) is 27.9 Å². The zero-order valence-electron chi connectivity index (χ0n) is 6.07. The fourth-order valence-corrected chi connectivity index (χ4v) is 0.512. The first-order chi connectivity index (χ1) is 5.33. The number of carbonyl (C=O) groups excluding carboxylic acids is 1. The minimum absolute atomic E-state index is 0.376. The van der Waals surface area contributed by atoms with Gasteiger partial charge < -0.3 is 4.42 Å². The lowest BCUT2D eigenvalue weighted by Crippen LogP contribution is -1.96. The highest BCUT2D eigenvalue weighted by Crippen LogP contribution is 2.05. The molecule has 1 aromatic rings. The Kier molecular flexibility index (Phi) is 2.43. The molecule has 0 aliphatic heterocycles. The Morgan fingerprint density at radius 2 is 2.64 bits per heavy atom. The molecule has 0 bridgehead atoms. The molecule has 0 atom stereocenters. The van der Waals surface area contributed by atoms with Gasteiger partial charge in [0, 0.05) is 6.07 Å². The van der Waals surface area contributed by atoms with Gasteiger partial charge in [-0.2, -0.15) is 5.10 Å². The van der Waals surface area contributed by atoms with Gasteiger partial charge in [-0.15, -0.1) is 0 Å². The summed E-state index contributed by atoms with van der Waals surface area (Å²) >= 11 is 0. The van der Waals surface area contributed by atoms with E-state index in [9.17, 15) is 4.79 Å². The Morgan fingerprint density at radius 3 is 3.18 bits per heavy atom. The van der Waals surface area contributed by atoms with Crippen molar-refractivity contribution in [2.45, 2.75) is 6.92 Å². The third kappa shape index (κ3) is 2.25. The summed E-state index contributed by atoms with van der Waals surface area (Å²) < 4.78 is 4.89. The van der Waals surface area contributed by atoms with Crippen LogP contribution in [-0.4, -0.2) is 12.0 Å². The highest BCUT2D eigenvalue weighted by Gasteiger charge is 1.90. The number of nitrogens with zero attached hydrogens (tertiary/aromatic N) is 1. The lowest BCUT2D eigenvalue weighted by atomic mass is 10.5. The van der Waals surface area contributed by atoms with E-state index in [2.05, 4.69) is 10.5 Å². The Hall–Kier alpha value is -1.58. The second-order valence-corrected chi connectivity index (χ2v) is 1.96. The zero-order valence-corrected chi connectivity index (χ0v) is 6.07. The first-order valence-corrected chi connectivity index (χ1v) is 3.12. The number of anilines is 1. The molecule has 0 aromatic carbocycles. The normalized spacial score (nSPS) is 11.2. The van der Waals surface area contributed by atoms with Crippen LogP contribution < -0.4 is 5.43 Å². The van der Waals surface area contributed by atoms with Crippen LogP contribution in [0.2, 0.25) is 0 Å². The van der Waals surface area contributed by atoms with Crippen LogP contribution in [0.1, 0.15) is 6.92 Å². The molecule has 58 valence electrons. The quantitative estimate of drug-likeness (QED) is 0.403. The Labute approximate surface area is 63.9 Å². The van der Waals surface area contributed by atoms with Crippen LogP contribution >= 0.6 is 0 Å². The molecule has 1 heterocycles. The lowest BCUT2D eigenvalue weighted by Gasteiger charge is -1.92. The van der Waals surface area contributed by atoms with Crippen molar-refractivity contribution in [1.82, 2.24) is 0 Å². The molecule has 0 amide bonds. The molecular weight excluding hydrogens is 144 g/mol. The summed E-state index contributed by atoms with van der Waals surface area (Å²) in [6.07, 6.45) is 2.18. The van der Waals surface area contributed by atoms with E-state index < -0.39 is 0 Å². The van der Waals surface area contributed by atoms with Gasteiger partial charge in [0.2, 0.25) is 5.88 Å². The molecule has 0 saturated heterocycles. The van der Waals surface area contributed by atoms with Gasteiger partial charge in [-0.05, 0) is 13.0 Å². The van der Waals surface area contributed by atoms with Crippen molar-refractivity contribution in [2.24, 2.45) is 5.10 Å². The number of hydrazone groups is 1. The molecule has 0 radical (unpaired) electrons. The summed E-state index contributed by atoms with van der Waals surface area (Å²) in [7, 11) is 0. The number of rotatable bonds is 3. The standard InChI is InChI=1S/C7H8N2O2/c1-6(5-10)8-9-7-3-2-4-11-7/h2-5,9H,1H3. The highest BCUT2D eigenvalue weighted by molar-refractivity contribution is 6.27. The third-order valence-electron chi connectivity index (χ3n) is 1.03. The fourth-order valence-electron chi connectivity index (χ4n) is 0.512. The zero-order chi connectivity index (χ0) is 8.10. The molecule has 11 heavy (non-hydrogen) atoms. The van der Waals surface area contributed by atoms with Crippen molar-refractivity contribution in [1.29, 1.82) is 0 Å². The van der Waals surface area contributed by atoms with E-state index in [4.69, 9.17) is 4.42 Å². The van der Waals surface area contributed by atoms with Crippen molar-refractivity contribution >= 4 is 17.9 Å². The van der Waals surface area contributed by atoms with Crippen molar-refractivity contribution in [3.63, 3.8) is 0 Å². The van der Waals surface area contributed by atoms with Crippen LogP contribution in [-0.2, 0) is 4.79 Å². The second-order valence-electron chi connectivity index (χ2n) is 1.96. The van der Waals surface area contributed by atoms with Crippen LogP contribution in [0, 0.1) is 0 Å². The molecule has 0 aliphatic carbocycles. The van der Waals surface area contributed by atoms with Crippen LogP contribution in [0.4, 0.5) is 5.88 Å². The SMILES string of the molecule is CC(C=O)=NNc1ccco1. The van der Waals surface area contributed by atoms with E-state index >= 15 is 0 Å². The predicted octanol–water partition coefficient (Wildman–Crippen LogP) is 1.27. The van der Waals surface area contributed by atoms with E-state index in [1.807, 2.05) is 0 Å². The van der Waals surface area contributed by atoms with Gasteiger partial charge in [0.25, 0.3) is 0 Å². The summed E-state index contributed by atoms with van der Waals surface area (Å²) in [5, 5.41) is 3.69. The minimum atomic E-state index is 0.376. The molecule has 0 fully saturated rings. The lowest BCUT2D eigenvalue weighted by molar-refractivity contribution is -0.102. The minimum Gasteiger partial charge on any atom is -0.447 e. The van der Waals surface area contributed by atoms with Crippen molar-refractivity contribution in [3.8, 4) is 0 Å². The van der Waals surface area contributed by atoms with Gasteiger partial charge in [-0.25, -0.2) is 5.43 Å². The summed E-state index contributed by atoms with van der Waals surface area (Å²) in [6, 6.07) is 3.44. The maximum Gasteiger partial charge on any atom is 0.212 e. The monoisotopic (exact) mass is 152 g/mol. The number of aldehydes is 1. The first-order valence-electron chi connectivity index (χ1n) is 3.12. The molecule has 0 spiro atoms. The van der Waals surface area contributed by atoms with E-state index in [-0.39, 0.29) is 0 Å². The number of hydrogen-bond acceptors (Lipinski definition) is 4. The third-order valence-corrected chi connectivity index (χ3v) is 1.03. The maximum absolute atomic E-state index is 10.1. The summed E-state index contributed by atoms with van der Waals surface area (Å²) in [5.74, 6) is 0.520. The topological polar surface area (TPSA) is 54.6 Å². The van der Waals surface area contributed by atoms with Crippen LogP contribution in [0.3, 0.4) is 0 Å². The van der Waals surface area contributed by atoms with Crippen LogP contribution in [0.5, 0.6) is 0 Å². The summed E-state index contributed by atoms with van der Waals surface area (Å²) in [6.45, 7) is 1.60. The average molecular weight is 152 g/mol. The molecular formula is C7H8N2O2. The molecule has 1 aromatic heterocycles. The van der Waals surface area contributed by atoms with Gasteiger partial charge in [0.1, 0.15) is 0 Å². The van der Waals surface area contributed by atoms with Gasteiger partial charge >= 0.3 is 0 Å². The summed E-state index contributed by atoms with van der Waals surface area (Å²) in [5.41, 5.74) is 2.94. The number of hydrogen-bond donors (Lipinski definition) is 1. The van der Waals surface area contributed by atoms with E-state index in [0.717, 1.165) is 0 Å². The van der Waals surface area contributed by atoms with Crippen molar-refractivity contribution in [3.05, 3.63) is 18.4 Å². The second kappa shape index (κ2) is 3.55. The van der Waals surface area contributed by atoms with Crippen molar-refractivity contribution < 1.29 is 9.21 Å². The smallest absolute Gasteiger partial charge is 0.212 e. The van der Waals surface area contributed by atoms with Gasteiger partial charge in [-0.3, -0.25) is 4.79 Å². The Bertz CT molecular complexity index is 251. The van der Waals surface area contributed by atoms with Gasteiger partial charge in [-0.1, -0.05) is 0 Å². The van der Waals surface area contributed by atoms with E-state index in [1.165, 1.54) is 6.26 Å². The Balaban J connectivity index is 2.51. The maximum atomic E-state index is 10.1. The highest BCUT2D eigenvalue weighted by atomic mass is 16.3. The first kappa shape index (κ1) is 7.53.